The first-order chi connectivity index (χ1) is 10.2. The van der Waals surface area contributed by atoms with Crippen LogP contribution in [0.3, 0.4) is 0 Å². The van der Waals surface area contributed by atoms with E-state index in [0.717, 1.165) is 49.0 Å². The second-order valence-electron chi connectivity index (χ2n) is 5.41. The van der Waals surface area contributed by atoms with Crippen LogP contribution in [0.1, 0.15) is 18.9 Å². The van der Waals surface area contributed by atoms with Crippen LogP contribution in [0.5, 0.6) is 5.75 Å². The molecule has 114 valence electrons. The van der Waals surface area contributed by atoms with Gasteiger partial charge in [-0.2, -0.15) is 0 Å². The third kappa shape index (κ3) is 2.88. The number of benzene rings is 1. The molecule has 0 bridgehead atoms. The van der Waals surface area contributed by atoms with Crippen molar-refractivity contribution in [3.8, 4) is 5.75 Å². The molecule has 0 saturated carbocycles. The molecule has 2 heterocycles. The molecule has 2 aliphatic heterocycles. The van der Waals surface area contributed by atoms with Crippen LogP contribution in [0.25, 0.3) is 0 Å². The van der Waals surface area contributed by atoms with Gasteiger partial charge in [0.1, 0.15) is 5.75 Å². The largest absolute Gasteiger partial charge is 0.493 e. The molecule has 1 aromatic rings. The summed E-state index contributed by atoms with van der Waals surface area (Å²) in [4.78, 5) is 13.9. The Morgan fingerprint density at radius 3 is 3.19 bits per heavy atom. The zero-order valence-corrected chi connectivity index (χ0v) is 12.9. The standard InChI is InChI=1S/C15H20ClN3O2/c1-2-17-15(20)18-10-5-7-19(9-10)14-11-6-8-21-13(11)4-3-12(14)16/h3-4,10H,2,5-9H2,1H3,(H2,17,18,20). The zero-order valence-electron chi connectivity index (χ0n) is 12.1. The summed E-state index contributed by atoms with van der Waals surface area (Å²) in [5.74, 6) is 0.939. The SMILES string of the molecule is CCNC(=O)NC1CCN(c2c(Cl)ccc3c2CCO3)C1. The molecule has 1 atom stereocenters. The highest BCUT2D eigenvalue weighted by atomic mass is 35.5. The van der Waals surface area contributed by atoms with Crippen molar-refractivity contribution in [3.63, 3.8) is 0 Å². The van der Waals surface area contributed by atoms with E-state index >= 15 is 0 Å². The van der Waals surface area contributed by atoms with E-state index in [1.165, 1.54) is 5.56 Å². The van der Waals surface area contributed by atoms with Gasteiger partial charge in [0.05, 0.1) is 17.3 Å². The van der Waals surface area contributed by atoms with Crippen molar-refractivity contribution in [2.24, 2.45) is 0 Å². The maximum absolute atomic E-state index is 11.6. The Bertz CT molecular complexity index is 550. The number of hydrogen-bond acceptors (Lipinski definition) is 3. The number of fused-ring (bicyclic) bond motifs is 1. The molecule has 21 heavy (non-hydrogen) atoms. The summed E-state index contributed by atoms with van der Waals surface area (Å²) in [5, 5.41) is 6.53. The van der Waals surface area contributed by atoms with Crippen molar-refractivity contribution in [2.45, 2.75) is 25.8 Å². The van der Waals surface area contributed by atoms with E-state index in [4.69, 9.17) is 16.3 Å². The number of carbonyl (C=O) groups is 1. The van der Waals surface area contributed by atoms with E-state index in [0.29, 0.717) is 6.54 Å². The van der Waals surface area contributed by atoms with Crippen molar-refractivity contribution in [3.05, 3.63) is 22.7 Å². The second-order valence-corrected chi connectivity index (χ2v) is 5.81. The number of halogens is 1. The highest BCUT2D eigenvalue weighted by molar-refractivity contribution is 6.33. The summed E-state index contributed by atoms with van der Waals surface area (Å²) in [6.07, 6.45) is 1.83. The highest BCUT2D eigenvalue weighted by Gasteiger charge is 2.29. The number of urea groups is 1. The lowest BCUT2D eigenvalue weighted by atomic mass is 10.1. The predicted octanol–water partition coefficient (Wildman–Crippen LogP) is 2.17. The molecule has 1 aromatic carbocycles. The Morgan fingerprint density at radius 1 is 1.52 bits per heavy atom. The Balaban J connectivity index is 1.72. The van der Waals surface area contributed by atoms with Crippen molar-refractivity contribution in [1.82, 2.24) is 10.6 Å². The van der Waals surface area contributed by atoms with E-state index in [-0.39, 0.29) is 12.1 Å². The average molecular weight is 310 g/mol. The van der Waals surface area contributed by atoms with Crippen LogP contribution < -0.4 is 20.3 Å². The van der Waals surface area contributed by atoms with E-state index < -0.39 is 0 Å². The number of hydrogen-bond donors (Lipinski definition) is 2. The minimum absolute atomic E-state index is 0.0999. The van der Waals surface area contributed by atoms with Gasteiger partial charge in [-0.1, -0.05) is 11.6 Å². The van der Waals surface area contributed by atoms with Crippen LogP contribution in [-0.4, -0.2) is 38.3 Å². The number of carbonyl (C=O) groups excluding carboxylic acids is 1. The summed E-state index contributed by atoms with van der Waals surface area (Å²) < 4.78 is 5.61. The lowest BCUT2D eigenvalue weighted by molar-refractivity contribution is 0.238. The van der Waals surface area contributed by atoms with Crippen molar-refractivity contribution in [2.75, 3.05) is 31.1 Å². The van der Waals surface area contributed by atoms with Gasteiger partial charge in [0, 0.05) is 37.7 Å². The molecule has 0 spiro atoms. The summed E-state index contributed by atoms with van der Waals surface area (Å²) in [6.45, 7) is 4.95. The monoisotopic (exact) mass is 309 g/mol. The normalized spacial score (nSPS) is 20.1. The quantitative estimate of drug-likeness (QED) is 0.900. The van der Waals surface area contributed by atoms with Crippen molar-refractivity contribution < 1.29 is 9.53 Å². The van der Waals surface area contributed by atoms with Crippen LogP contribution in [0.4, 0.5) is 10.5 Å². The molecular weight excluding hydrogens is 290 g/mol. The minimum atomic E-state index is -0.0999. The molecule has 6 heteroatoms. The third-order valence-electron chi connectivity index (χ3n) is 3.98. The lowest BCUT2D eigenvalue weighted by Crippen LogP contribution is -2.43. The smallest absolute Gasteiger partial charge is 0.315 e. The molecule has 2 aliphatic rings. The fraction of sp³-hybridized carbons (Fsp3) is 0.533. The predicted molar refractivity (Wildman–Crippen MR) is 83.5 cm³/mol. The molecule has 5 nitrogen and oxygen atoms in total. The minimum Gasteiger partial charge on any atom is -0.493 e. The van der Waals surface area contributed by atoms with E-state index in [2.05, 4.69) is 15.5 Å². The van der Waals surface area contributed by atoms with Gasteiger partial charge in [-0.3, -0.25) is 0 Å². The van der Waals surface area contributed by atoms with E-state index in [1.807, 2.05) is 19.1 Å². The summed E-state index contributed by atoms with van der Waals surface area (Å²) >= 11 is 6.39. The van der Waals surface area contributed by atoms with Crippen LogP contribution in [-0.2, 0) is 6.42 Å². The number of amides is 2. The Kier molecular flexibility index (Phi) is 4.10. The van der Waals surface area contributed by atoms with E-state index in [1.54, 1.807) is 0 Å². The second kappa shape index (κ2) is 6.02. The Hall–Kier alpha value is -1.62. The number of rotatable bonds is 3. The van der Waals surface area contributed by atoms with Gasteiger partial charge < -0.3 is 20.3 Å². The Labute approximate surface area is 129 Å². The molecule has 1 saturated heterocycles. The highest BCUT2D eigenvalue weighted by Crippen LogP contribution is 2.40. The van der Waals surface area contributed by atoms with Crippen LogP contribution in [0, 0.1) is 0 Å². The molecule has 2 N–H and O–H groups in total. The maximum atomic E-state index is 11.6. The summed E-state index contributed by atoms with van der Waals surface area (Å²) in [7, 11) is 0. The third-order valence-corrected chi connectivity index (χ3v) is 4.28. The van der Waals surface area contributed by atoms with Gasteiger partial charge in [0.15, 0.2) is 0 Å². The van der Waals surface area contributed by atoms with Gasteiger partial charge >= 0.3 is 6.03 Å². The molecule has 0 radical (unpaired) electrons. The van der Waals surface area contributed by atoms with Gasteiger partial charge in [0.2, 0.25) is 0 Å². The summed E-state index contributed by atoms with van der Waals surface area (Å²) in [6, 6.07) is 3.89. The maximum Gasteiger partial charge on any atom is 0.315 e. The van der Waals surface area contributed by atoms with Crippen LogP contribution >= 0.6 is 11.6 Å². The molecule has 3 rings (SSSR count). The van der Waals surface area contributed by atoms with Gasteiger partial charge in [-0.15, -0.1) is 0 Å². The molecular formula is C15H20ClN3O2. The molecule has 1 fully saturated rings. The first kappa shape index (κ1) is 14.3. The first-order valence-electron chi connectivity index (χ1n) is 7.42. The fourth-order valence-electron chi connectivity index (χ4n) is 3.05. The Morgan fingerprint density at radius 2 is 2.38 bits per heavy atom. The zero-order chi connectivity index (χ0) is 14.8. The molecule has 2 amide bonds. The number of anilines is 1. The lowest BCUT2D eigenvalue weighted by Gasteiger charge is -2.23. The first-order valence-corrected chi connectivity index (χ1v) is 7.80. The van der Waals surface area contributed by atoms with Crippen LogP contribution in [0.15, 0.2) is 12.1 Å². The van der Waals surface area contributed by atoms with E-state index in [9.17, 15) is 4.79 Å². The number of ether oxygens (including phenoxy) is 1. The molecule has 0 aliphatic carbocycles. The number of nitrogens with one attached hydrogen (secondary N) is 2. The topological polar surface area (TPSA) is 53.6 Å². The van der Waals surface area contributed by atoms with Gasteiger partial charge in [0.25, 0.3) is 0 Å². The van der Waals surface area contributed by atoms with Crippen molar-refractivity contribution >= 4 is 23.3 Å². The average Bonchev–Trinajstić information content (AvgIpc) is 3.08. The number of nitrogens with zero attached hydrogens (tertiary/aromatic N) is 1. The molecule has 0 aromatic heterocycles. The van der Waals surface area contributed by atoms with Crippen LogP contribution in [0.2, 0.25) is 5.02 Å². The van der Waals surface area contributed by atoms with Gasteiger partial charge in [-0.05, 0) is 25.5 Å². The van der Waals surface area contributed by atoms with Crippen molar-refractivity contribution in [1.29, 1.82) is 0 Å². The molecule has 1 unspecified atom stereocenters. The summed E-state index contributed by atoms with van der Waals surface area (Å²) in [5.41, 5.74) is 2.27. The fourth-order valence-corrected chi connectivity index (χ4v) is 3.35. The van der Waals surface area contributed by atoms with Gasteiger partial charge in [-0.25, -0.2) is 4.79 Å².